The van der Waals surface area contributed by atoms with Gasteiger partial charge in [0.25, 0.3) is 0 Å². The Bertz CT molecular complexity index is 417. The van der Waals surface area contributed by atoms with Gasteiger partial charge in [-0.25, -0.2) is 0 Å². The van der Waals surface area contributed by atoms with E-state index in [1.165, 1.54) is 5.56 Å². The zero-order chi connectivity index (χ0) is 13.7. The summed E-state index contributed by atoms with van der Waals surface area (Å²) in [5.41, 5.74) is 1.26. The van der Waals surface area contributed by atoms with Crippen LogP contribution in [0.3, 0.4) is 0 Å². The quantitative estimate of drug-likeness (QED) is 0.824. The van der Waals surface area contributed by atoms with Crippen LogP contribution in [0.25, 0.3) is 0 Å². The molecule has 1 aliphatic rings. The number of amides is 1. The minimum atomic E-state index is 0.171. The molecule has 4 heteroatoms. The summed E-state index contributed by atoms with van der Waals surface area (Å²) in [7, 11) is 1.67. The van der Waals surface area contributed by atoms with Crippen molar-refractivity contribution in [1.29, 1.82) is 0 Å². The fourth-order valence-electron chi connectivity index (χ4n) is 2.45. The van der Waals surface area contributed by atoms with Crippen molar-refractivity contribution in [2.24, 2.45) is 0 Å². The van der Waals surface area contributed by atoms with Gasteiger partial charge in [-0.1, -0.05) is 19.1 Å². The van der Waals surface area contributed by atoms with Gasteiger partial charge < -0.3 is 15.4 Å². The lowest BCUT2D eigenvalue weighted by Gasteiger charge is -2.20. The van der Waals surface area contributed by atoms with Crippen molar-refractivity contribution in [2.75, 3.05) is 13.7 Å². The molecule has 19 heavy (non-hydrogen) atoms. The summed E-state index contributed by atoms with van der Waals surface area (Å²) in [5.74, 6) is 1.05. The summed E-state index contributed by atoms with van der Waals surface area (Å²) >= 11 is 0. The van der Waals surface area contributed by atoms with E-state index in [9.17, 15) is 4.79 Å². The lowest BCUT2D eigenvalue weighted by molar-refractivity contribution is -0.119. The maximum atomic E-state index is 11.2. The minimum Gasteiger partial charge on any atom is -0.497 e. The molecule has 1 amide bonds. The molecular formula is C15H22N2O2. The molecule has 1 aromatic rings. The summed E-state index contributed by atoms with van der Waals surface area (Å²) in [4.78, 5) is 11.2. The van der Waals surface area contributed by atoms with Crippen LogP contribution in [-0.4, -0.2) is 25.6 Å². The monoisotopic (exact) mass is 262 g/mol. The highest BCUT2D eigenvalue weighted by molar-refractivity contribution is 5.78. The van der Waals surface area contributed by atoms with Crippen LogP contribution in [0.4, 0.5) is 0 Å². The summed E-state index contributed by atoms with van der Waals surface area (Å²) in [5, 5.41) is 6.51. The highest BCUT2D eigenvalue weighted by Crippen LogP contribution is 2.20. The highest BCUT2D eigenvalue weighted by Gasteiger charge is 2.21. The van der Waals surface area contributed by atoms with Crippen molar-refractivity contribution < 1.29 is 9.53 Å². The van der Waals surface area contributed by atoms with Gasteiger partial charge in [0.05, 0.1) is 7.11 Å². The molecule has 1 fully saturated rings. The molecular weight excluding hydrogens is 240 g/mol. The van der Waals surface area contributed by atoms with E-state index in [2.05, 4.69) is 29.7 Å². The maximum absolute atomic E-state index is 11.2. The van der Waals surface area contributed by atoms with Crippen molar-refractivity contribution in [3.8, 4) is 5.75 Å². The molecule has 1 aromatic carbocycles. The first-order valence-corrected chi connectivity index (χ1v) is 6.89. The van der Waals surface area contributed by atoms with Gasteiger partial charge in [-0.05, 0) is 30.5 Å². The normalized spacial score (nSPS) is 20.1. The predicted octanol–water partition coefficient (Wildman–Crippen LogP) is 2.01. The van der Waals surface area contributed by atoms with Crippen molar-refractivity contribution >= 4 is 5.91 Å². The number of hydrogen-bond acceptors (Lipinski definition) is 3. The van der Waals surface area contributed by atoms with E-state index < -0.39 is 0 Å². The Morgan fingerprint density at radius 3 is 2.68 bits per heavy atom. The molecule has 104 valence electrons. The first-order chi connectivity index (χ1) is 9.22. The van der Waals surface area contributed by atoms with Crippen LogP contribution in [0.1, 0.15) is 37.8 Å². The standard InChI is InChI=1S/C15H22N2O2/c1-3-14(11-4-7-13(19-2)8-5-11)16-10-12-6-9-15(18)17-12/h4-5,7-8,12,14,16H,3,6,9-10H2,1-2H3,(H,17,18). The number of carbonyl (C=O) groups excluding carboxylic acids is 1. The van der Waals surface area contributed by atoms with Crippen LogP contribution in [0.15, 0.2) is 24.3 Å². The average molecular weight is 262 g/mol. The first kappa shape index (κ1) is 13.9. The Balaban J connectivity index is 1.89. The van der Waals surface area contributed by atoms with Crippen LogP contribution in [0, 0.1) is 0 Å². The van der Waals surface area contributed by atoms with E-state index in [4.69, 9.17) is 4.74 Å². The molecule has 0 bridgehead atoms. The van der Waals surface area contributed by atoms with Crippen LogP contribution < -0.4 is 15.4 Å². The van der Waals surface area contributed by atoms with E-state index in [1.807, 2.05) is 12.1 Å². The van der Waals surface area contributed by atoms with Crippen LogP contribution >= 0.6 is 0 Å². The molecule has 0 aliphatic carbocycles. The number of benzene rings is 1. The number of hydrogen-bond donors (Lipinski definition) is 2. The first-order valence-electron chi connectivity index (χ1n) is 6.89. The molecule has 2 unspecified atom stereocenters. The SMILES string of the molecule is CCC(NCC1CCC(=O)N1)c1ccc(OC)cc1. The van der Waals surface area contributed by atoms with Gasteiger partial charge in [0, 0.05) is 25.0 Å². The fraction of sp³-hybridized carbons (Fsp3) is 0.533. The Hall–Kier alpha value is -1.55. The molecule has 0 saturated carbocycles. The maximum Gasteiger partial charge on any atom is 0.220 e. The molecule has 1 saturated heterocycles. The average Bonchev–Trinajstić information content (AvgIpc) is 2.86. The number of carbonyl (C=O) groups is 1. The number of methoxy groups -OCH3 is 1. The van der Waals surface area contributed by atoms with Gasteiger partial charge in [-0.2, -0.15) is 0 Å². The van der Waals surface area contributed by atoms with E-state index >= 15 is 0 Å². The molecule has 1 heterocycles. The molecule has 2 N–H and O–H groups in total. The van der Waals surface area contributed by atoms with Gasteiger partial charge in [0.1, 0.15) is 5.75 Å². The van der Waals surface area contributed by atoms with Gasteiger partial charge >= 0.3 is 0 Å². The van der Waals surface area contributed by atoms with Gasteiger partial charge in [-0.3, -0.25) is 4.79 Å². The number of ether oxygens (including phenoxy) is 1. The van der Waals surface area contributed by atoms with Crippen LogP contribution in [0.5, 0.6) is 5.75 Å². The minimum absolute atomic E-state index is 0.171. The van der Waals surface area contributed by atoms with Crippen LogP contribution in [-0.2, 0) is 4.79 Å². The van der Waals surface area contributed by atoms with Crippen molar-refractivity contribution in [3.63, 3.8) is 0 Å². The van der Waals surface area contributed by atoms with Crippen molar-refractivity contribution in [3.05, 3.63) is 29.8 Å². The fourth-order valence-corrected chi connectivity index (χ4v) is 2.45. The lowest BCUT2D eigenvalue weighted by atomic mass is 10.0. The van der Waals surface area contributed by atoms with Crippen molar-refractivity contribution in [1.82, 2.24) is 10.6 Å². The Labute approximate surface area is 114 Å². The zero-order valence-corrected chi connectivity index (χ0v) is 11.6. The van der Waals surface area contributed by atoms with E-state index in [0.29, 0.717) is 12.5 Å². The molecule has 1 aliphatic heterocycles. The van der Waals surface area contributed by atoms with Crippen molar-refractivity contribution in [2.45, 2.75) is 38.3 Å². The van der Waals surface area contributed by atoms with E-state index in [0.717, 1.165) is 25.1 Å². The Kier molecular flexibility index (Phi) is 4.80. The molecule has 0 spiro atoms. The molecule has 4 nitrogen and oxygen atoms in total. The predicted molar refractivity (Wildman–Crippen MR) is 75.2 cm³/mol. The topological polar surface area (TPSA) is 50.4 Å². The van der Waals surface area contributed by atoms with E-state index in [1.54, 1.807) is 7.11 Å². The largest absolute Gasteiger partial charge is 0.497 e. The third kappa shape index (κ3) is 3.70. The summed E-state index contributed by atoms with van der Waals surface area (Å²) < 4.78 is 5.17. The summed E-state index contributed by atoms with van der Waals surface area (Å²) in [6.07, 6.45) is 2.61. The van der Waals surface area contributed by atoms with Gasteiger partial charge in [0.15, 0.2) is 0 Å². The van der Waals surface area contributed by atoms with Gasteiger partial charge in [0.2, 0.25) is 5.91 Å². The number of rotatable bonds is 6. The molecule has 2 rings (SSSR count). The van der Waals surface area contributed by atoms with E-state index in [-0.39, 0.29) is 11.9 Å². The second-order valence-corrected chi connectivity index (χ2v) is 4.95. The second kappa shape index (κ2) is 6.57. The number of nitrogens with one attached hydrogen (secondary N) is 2. The highest BCUT2D eigenvalue weighted by atomic mass is 16.5. The van der Waals surface area contributed by atoms with Crippen LogP contribution in [0.2, 0.25) is 0 Å². The smallest absolute Gasteiger partial charge is 0.220 e. The lowest BCUT2D eigenvalue weighted by Crippen LogP contribution is -2.37. The Morgan fingerprint density at radius 2 is 2.16 bits per heavy atom. The molecule has 2 atom stereocenters. The summed E-state index contributed by atoms with van der Waals surface area (Å²) in [6, 6.07) is 8.75. The Morgan fingerprint density at radius 1 is 1.42 bits per heavy atom. The molecule has 0 aromatic heterocycles. The third-order valence-corrected chi connectivity index (χ3v) is 3.62. The molecule has 0 radical (unpaired) electrons. The third-order valence-electron chi connectivity index (χ3n) is 3.62. The van der Waals surface area contributed by atoms with Gasteiger partial charge in [-0.15, -0.1) is 0 Å². The summed E-state index contributed by atoms with van der Waals surface area (Å²) in [6.45, 7) is 2.99. The zero-order valence-electron chi connectivity index (χ0n) is 11.6. The second-order valence-electron chi connectivity index (χ2n) is 4.95.